The first kappa shape index (κ1) is 21.8. The molecule has 0 aromatic heterocycles. The van der Waals surface area contributed by atoms with Gasteiger partial charge in [0, 0.05) is 38.4 Å². The average molecular weight is 415 g/mol. The largest absolute Gasteiger partial charge is 0.463 e. The van der Waals surface area contributed by atoms with Crippen LogP contribution in [0.3, 0.4) is 0 Å². The Morgan fingerprint density at radius 3 is 2.53 bits per heavy atom. The number of hydrogen-bond acceptors (Lipinski definition) is 5. The lowest BCUT2D eigenvalue weighted by Gasteiger charge is -2.36. The maximum atomic E-state index is 12.7. The molecule has 1 unspecified atom stereocenters. The summed E-state index contributed by atoms with van der Waals surface area (Å²) in [7, 11) is 0. The first-order chi connectivity index (χ1) is 14.4. The number of ether oxygens (including phenoxy) is 1. The van der Waals surface area contributed by atoms with Crippen LogP contribution < -0.4 is 10.6 Å². The zero-order valence-corrected chi connectivity index (χ0v) is 17.9. The molecule has 0 bridgehead atoms. The van der Waals surface area contributed by atoms with Gasteiger partial charge in [-0.25, -0.2) is 9.59 Å². The Balaban J connectivity index is 1.60. The fourth-order valence-corrected chi connectivity index (χ4v) is 3.87. The van der Waals surface area contributed by atoms with E-state index in [9.17, 15) is 14.4 Å². The number of esters is 1. The van der Waals surface area contributed by atoms with E-state index in [0.29, 0.717) is 50.4 Å². The van der Waals surface area contributed by atoms with E-state index >= 15 is 0 Å². The van der Waals surface area contributed by atoms with Gasteiger partial charge in [-0.3, -0.25) is 9.69 Å². The van der Waals surface area contributed by atoms with Crippen LogP contribution in [0.2, 0.25) is 0 Å². The summed E-state index contributed by atoms with van der Waals surface area (Å²) in [4.78, 5) is 41.0. The summed E-state index contributed by atoms with van der Waals surface area (Å²) >= 11 is 0. The second-order valence-corrected chi connectivity index (χ2v) is 7.69. The average Bonchev–Trinajstić information content (AvgIpc) is 2.70. The van der Waals surface area contributed by atoms with Gasteiger partial charge in [-0.1, -0.05) is 24.3 Å². The number of benzene rings is 1. The number of amides is 3. The Morgan fingerprint density at radius 2 is 1.87 bits per heavy atom. The molecule has 0 saturated carbocycles. The molecule has 2 aliphatic rings. The van der Waals surface area contributed by atoms with E-state index in [1.807, 2.05) is 36.1 Å². The molecule has 2 aliphatic heterocycles. The molecule has 8 nitrogen and oxygen atoms in total. The molecule has 1 fully saturated rings. The number of carbonyl (C=O) groups is 3. The van der Waals surface area contributed by atoms with E-state index in [2.05, 4.69) is 15.5 Å². The summed E-state index contributed by atoms with van der Waals surface area (Å²) in [6.45, 7) is 8.85. The first-order valence-corrected chi connectivity index (χ1v) is 10.4. The van der Waals surface area contributed by atoms with Gasteiger partial charge in [-0.05, 0) is 31.9 Å². The van der Waals surface area contributed by atoms with Gasteiger partial charge in [0.05, 0.1) is 24.6 Å². The maximum Gasteiger partial charge on any atom is 0.337 e. The van der Waals surface area contributed by atoms with Gasteiger partial charge in [-0.2, -0.15) is 0 Å². The Bertz CT molecular complexity index is 843. The Kier molecular flexibility index (Phi) is 7.10. The van der Waals surface area contributed by atoms with Crippen LogP contribution in [0.1, 0.15) is 25.0 Å². The minimum Gasteiger partial charge on any atom is -0.463 e. The predicted molar refractivity (Wildman–Crippen MR) is 113 cm³/mol. The molecule has 0 aliphatic carbocycles. The zero-order chi connectivity index (χ0) is 21.7. The summed E-state index contributed by atoms with van der Waals surface area (Å²) in [5.41, 5.74) is 3.21. The number of carbonyl (C=O) groups excluding carboxylic acids is 3. The van der Waals surface area contributed by atoms with Crippen molar-refractivity contribution in [1.82, 2.24) is 20.4 Å². The molecule has 2 N–H and O–H groups in total. The summed E-state index contributed by atoms with van der Waals surface area (Å²) in [5, 5.41) is 5.47. The molecular weight excluding hydrogens is 384 g/mol. The van der Waals surface area contributed by atoms with Crippen molar-refractivity contribution in [2.45, 2.75) is 33.2 Å². The number of piperazine rings is 1. The van der Waals surface area contributed by atoms with Crippen molar-refractivity contribution < 1.29 is 19.1 Å². The first-order valence-electron chi connectivity index (χ1n) is 10.4. The van der Waals surface area contributed by atoms with Crippen molar-refractivity contribution in [2.75, 3.05) is 39.3 Å². The molecule has 162 valence electrons. The predicted octanol–water partition coefficient (Wildman–Crippen LogP) is 1.20. The van der Waals surface area contributed by atoms with Gasteiger partial charge in [0.1, 0.15) is 0 Å². The molecule has 0 radical (unpaired) electrons. The highest BCUT2D eigenvalue weighted by Gasteiger charge is 2.31. The zero-order valence-electron chi connectivity index (χ0n) is 17.9. The summed E-state index contributed by atoms with van der Waals surface area (Å²) in [6.07, 6.45) is 0.407. The molecule has 1 aromatic carbocycles. The van der Waals surface area contributed by atoms with Crippen LogP contribution in [0, 0.1) is 6.92 Å². The minimum absolute atomic E-state index is 0.124. The molecule has 30 heavy (non-hydrogen) atoms. The number of urea groups is 1. The highest BCUT2D eigenvalue weighted by Crippen LogP contribution is 2.17. The lowest BCUT2D eigenvalue weighted by atomic mass is 10.0. The standard InChI is InChI=1S/C22H30N4O4/c1-4-30-21(28)20-16(3)23-22(29)24-18(20)14-25-9-11-26(12-10-25)19(27)13-17-8-6-5-7-15(17)2/h5-8,16H,4,9-14H2,1-3H3,(H2,23,24,29). The van der Waals surface area contributed by atoms with E-state index in [4.69, 9.17) is 4.74 Å². The Hall–Kier alpha value is -2.87. The minimum atomic E-state index is -0.417. The second-order valence-electron chi connectivity index (χ2n) is 7.69. The molecule has 1 atom stereocenters. The molecule has 1 saturated heterocycles. The smallest absolute Gasteiger partial charge is 0.337 e. The monoisotopic (exact) mass is 414 g/mol. The quantitative estimate of drug-likeness (QED) is 0.683. The van der Waals surface area contributed by atoms with Gasteiger partial charge in [-0.15, -0.1) is 0 Å². The summed E-state index contributed by atoms with van der Waals surface area (Å²) < 4.78 is 5.16. The van der Waals surface area contributed by atoms with E-state index < -0.39 is 12.0 Å². The molecule has 3 rings (SSSR count). The highest BCUT2D eigenvalue weighted by molar-refractivity contribution is 5.94. The Labute approximate surface area is 177 Å². The Morgan fingerprint density at radius 1 is 1.17 bits per heavy atom. The van der Waals surface area contributed by atoms with Crippen LogP contribution >= 0.6 is 0 Å². The fourth-order valence-electron chi connectivity index (χ4n) is 3.87. The van der Waals surface area contributed by atoms with Crippen molar-refractivity contribution in [2.24, 2.45) is 0 Å². The third kappa shape index (κ3) is 5.18. The van der Waals surface area contributed by atoms with E-state index in [1.54, 1.807) is 13.8 Å². The van der Waals surface area contributed by atoms with Gasteiger partial charge in [0.25, 0.3) is 0 Å². The third-order valence-electron chi connectivity index (χ3n) is 5.58. The van der Waals surface area contributed by atoms with Crippen molar-refractivity contribution in [1.29, 1.82) is 0 Å². The van der Waals surface area contributed by atoms with Crippen LogP contribution in [0.25, 0.3) is 0 Å². The van der Waals surface area contributed by atoms with Crippen molar-refractivity contribution in [3.05, 3.63) is 46.7 Å². The van der Waals surface area contributed by atoms with Gasteiger partial charge in [0.15, 0.2) is 0 Å². The van der Waals surface area contributed by atoms with E-state index in [1.165, 1.54) is 0 Å². The maximum absolute atomic E-state index is 12.7. The lowest BCUT2D eigenvalue weighted by molar-refractivity contribution is -0.139. The molecule has 1 aromatic rings. The topological polar surface area (TPSA) is 91.0 Å². The van der Waals surface area contributed by atoms with Gasteiger partial charge in [0.2, 0.25) is 5.91 Å². The second kappa shape index (κ2) is 9.75. The third-order valence-corrected chi connectivity index (χ3v) is 5.58. The highest BCUT2D eigenvalue weighted by atomic mass is 16.5. The number of rotatable bonds is 6. The molecule has 8 heteroatoms. The molecule has 0 spiro atoms. The molecule has 3 amide bonds. The van der Waals surface area contributed by atoms with Crippen LogP contribution in [0.15, 0.2) is 35.5 Å². The van der Waals surface area contributed by atoms with Crippen LogP contribution in [-0.4, -0.2) is 73.1 Å². The van der Waals surface area contributed by atoms with Gasteiger partial charge >= 0.3 is 12.0 Å². The van der Waals surface area contributed by atoms with Crippen LogP contribution in [0.4, 0.5) is 4.79 Å². The van der Waals surface area contributed by atoms with Crippen LogP contribution in [0.5, 0.6) is 0 Å². The molecule has 2 heterocycles. The van der Waals surface area contributed by atoms with Crippen molar-refractivity contribution >= 4 is 17.9 Å². The van der Waals surface area contributed by atoms with E-state index in [0.717, 1.165) is 11.1 Å². The number of nitrogens with zero attached hydrogens (tertiary/aromatic N) is 2. The SMILES string of the molecule is CCOC(=O)C1=C(CN2CCN(C(=O)Cc3ccccc3C)CC2)NC(=O)NC1C. The number of hydrogen-bond donors (Lipinski definition) is 2. The number of nitrogens with one attached hydrogen (secondary N) is 2. The number of aryl methyl sites for hydroxylation is 1. The fraction of sp³-hybridized carbons (Fsp3) is 0.500. The lowest BCUT2D eigenvalue weighted by Crippen LogP contribution is -2.54. The van der Waals surface area contributed by atoms with E-state index in [-0.39, 0.29) is 18.5 Å². The normalized spacial score (nSPS) is 19.9. The summed E-state index contributed by atoms with van der Waals surface area (Å²) in [6, 6.07) is 7.21. The van der Waals surface area contributed by atoms with Crippen molar-refractivity contribution in [3.63, 3.8) is 0 Å². The summed E-state index contributed by atoms with van der Waals surface area (Å²) in [5.74, 6) is -0.293. The van der Waals surface area contributed by atoms with Crippen molar-refractivity contribution in [3.8, 4) is 0 Å². The van der Waals surface area contributed by atoms with Crippen LogP contribution in [-0.2, 0) is 20.7 Å². The van der Waals surface area contributed by atoms with Gasteiger partial charge < -0.3 is 20.3 Å². The molecular formula is C22H30N4O4.